The van der Waals surface area contributed by atoms with Crippen LogP contribution in [-0.2, 0) is 4.84 Å². The van der Waals surface area contributed by atoms with Crippen LogP contribution in [0.15, 0.2) is 41.7 Å². The van der Waals surface area contributed by atoms with Gasteiger partial charge in [-0.2, -0.15) is 0 Å². The summed E-state index contributed by atoms with van der Waals surface area (Å²) in [6, 6.07) is 9.41. The van der Waals surface area contributed by atoms with Crippen LogP contribution in [0.2, 0.25) is 0 Å². The van der Waals surface area contributed by atoms with Gasteiger partial charge in [-0.1, -0.05) is 30.3 Å². The molecule has 2 rings (SSSR count). The van der Waals surface area contributed by atoms with Crippen molar-refractivity contribution in [3.8, 4) is 5.75 Å². The van der Waals surface area contributed by atoms with E-state index in [0.29, 0.717) is 11.5 Å². The fourth-order valence-corrected chi connectivity index (χ4v) is 2.14. The lowest BCUT2D eigenvalue weighted by Crippen LogP contribution is -2.21. The average molecular weight is 319 g/mol. The highest BCUT2D eigenvalue weighted by atomic mass is 32.2. The molecule has 2 N–H and O–H groups in total. The van der Waals surface area contributed by atoms with Crippen molar-refractivity contribution in [2.45, 2.75) is 13.3 Å². The molecule has 1 heterocycles. The van der Waals surface area contributed by atoms with Crippen LogP contribution in [0.25, 0.3) is 10.9 Å². The van der Waals surface area contributed by atoms with E-state index in [1.165, 1.54) is 0 Å². The highest BCUT2D eigenvalue weighted by molar-refractivity contribution is 8.13. The van der Waals surface area contributed by atoms with Crippen LogP contribution in [0.3, 0.4) is 0 Å². The van der Waals surface area contributed by atoms with E-state index in [1.807, 2.05) is 31.2 Å². The van der Waals surface area contributed by atoms with Crippen molar-refractivity contribution < 1.29 is 14.4 Å². The minimum atomic E-state index is -0.475. The minimum Gasteiger partial charge on any atom is -0.483 e. The molecular weight excluding hydrogens is 302 g/mol. The molecule has 7 heteroatoms. The molecule has 0 aliphatic rings. The maximum absolute atomic E-state index is 11.3. The van der Waals surface area contributed by atoms with Crippen LogP contribution in [0, 0.1) is 0 Å². The summed E-state index contributed by atoms with van der Waals surface area (Å²) in [5.74, 6) is 1.37. The number of benzene rings is 1. The molecule has 0 spiro atoms. The molecule has 2 aromatic rings. The number of nitrogens with zero attached hydrogens (tertiary/aromatic N) is 2. The van der Waals surface area contributed by atoms with E-state index in [-0.39, 0.29) is 12.4 Å². The Morgan fingerprint density at radius 3 is 3.00 bits per heavy atom. The quantitative estimate of drug-likeness (QED) is 0.381. The summed E-state index contributed by atoms with van der Waals surface area (Å²) >= 11 is 1.06. The smallest absolute Gasteiger partial charge is 0.393 e. The maximum Gasteiger partial charge on any atom is 0.393 e. The van der Waals surface area contributed by atoms with Crippen LogP contribution >= 0.6 is 11.8 Å². The van der Waals surface area contributed by atoms with Crippen LogP contribution in [0.4, 0.5) is 4.79 Å². The molecule has 0 aliphatic heterocycles. The van der Waals surface area contributed by atoms with Gasteiger partial charge in [-0.25, -0.2) is 4.79 Å². The number of rotatable bonds is 6. The maximum atomic E-state index is 11.3. The Morgan fingerprint density at radius 1 is 1.36 bits per heavy atom. The lowest BCUT2D eigenvalue weighted by Gasteiger charge is -2.07. The zero-order chi connectivity index (χ0) is 15.8. The number of fused-ring (bicyclic) bond motifs is 1. The fourth-order valence-electron chi connectivity index (χ4n) is 1.68. The average Bonchev–Trinajstić information content (AvgIpc) is 2.56. The van der Waals surface area contributed by atoms with Gasteiger partial charge in [0.05, 0.1) is 0 Å². The van der Waals surface area contributed by atoms with Gasteiger partial charge < -0.3 is 15.3 Å². The van der Waals surface area contributed by atoms with E-state index in [0.717, 1.165) is 29.1 Å². The van der Waals surface area contributed by atoms with Crippen molar-refractivity contribution in [3.05, 3.63) is 36.5 Å². The van der Waals surface area contributed by atoms with E-state index in [4.69, 9.17) is 10.5 Å². The number of hydrogen-bond acceptors (Lipinski definition) is 6. The zero-order valence-corrected chi connectivity index (χ0v) is 13.0. The van der Waals surface area contributed by atoms with Crippen molar-refractivity contribution in [2.24, 2.45) is 10.9 Å². The summed E-state index contributed by atoms with van der Waals surface area (Å²) in [5.41, 5.74) is 6.40. The van der Waals surface area contributed by atoms with Crippen molar-refractivity contribution >= 4 is 33.8 Å². The van der Waals surface area contributed by atoms with Gasteiger partial charge in [-0.3, -0.25) is 4.98 Å². The van der Waals surface area contributed by atoms with Crippen molar-refractivity contribution in [2.75, 3.05) is 12.4 Å². The van der Waals surface area contributed by atoms with Gasteiger partial charge in [-0.15, -0.1) is 0 Å². The first-order valence-corrected chi connectivity index (χ1v) is 7.82. The number of hydrogen-bond donors (Lipinski definition) is 1. The normalized spacial score (nSPS) is 11.4. The summed E-state index contributed by atoms with van der Waals surface area (Å²) in [4.78, 5) is 20.2. The predicted octanol–water partition coefficient (Wildman–Crippen LogP) is 3.17. The van der Waals surface area contributed by atoms with Crippen molar-refractivity contribution in [1.29, 1.82) is 0 Å². The second kappa shape index (κ2) is 8.23. The summed E-state index contributed by atoms with van der Waals surface area (Å²) in [7, 11) is 0. The van der Waals surface area contributed by atoms with E-state index in [2.05, 4.69) is 15.0 Å². The summed E-state index contributed by atoms with van der Waals surface area (Å²) in [5, 5.41) is 4.05. The van der Waals surface area contributed by atoms with E-state index < -0.39 is 5.30 Å². The lowest BCUT2D eigenvalue weighted by molar-refractivity contribution is 0.179. The van der Waals surface area contributed by atoms with Crippen LogP contribution < -0.4 is 10.5 Å². The Bertz CT molecular complexity index is 671. The Hall–Kier alpha value is -2.28. The van der Waals surface area contributed by atoms with Crippen LogP contribution in [0.1, 0.15) is 13.3 Å². The molecule has 0 atom stereocenters. The Balaban J connectivity index is 1.92. The van der Waals surface area contributed by atoms with Crippen molar-refractivity contribution in [1.82, 2.24) is 4.98 Å². The molecule has 0 aliphatic carbocycles. The highest BCUT2D eigenvalue weighted by Gasteiger charge is 2.06. The van der Waals surface area contributed by atoms with Gasteiger partial charge in [0.25, 0.3) is 0 Å². The van der Waals surface area contributed by atoms with E-state index in [1.54, 1.807) is 12.3 Å². The summed E-state index contributed by atoms with van der Waals surface area (Å²) in [6.45, 7) is 1.99. The first-order chi connectivity index (χ1) is 10.7. The number of amidine groups is 1. The highest BCUT2D eigenvalue weighted by Crippen LogP contribution is 2.22. The monoisotopic (exact) mass is 319 g/mol. The van der Waals surface area contributed by atoms with Crippen LogP contribution in [-0.4, -0.2) is 28.5 Å². The van der Waals surface area contributed by atoms with Crippen molar-refractivity contribution in [3.63, 3.8) is 0 Å². The number of carbonyl (C=O) groups is 1. The van der Waals surface area contributed by atoms with Gasteiger partial charge in [0, 0.05) is 17.3 Å². The van der Waals surface area contributed by atoms with Gasteiger partial charge in [0.2, 0.25) is 0 Å². The SMILES string of the molecule is CCCSC(=O)ON=C(N)COc1cccc2cccnc12. The third-order valence-electron chi connectivity index (χ3n) is 2.63. The summed E-state index contributed by atoms with van der Waals surface area (Å²) < 4.78 is 5.58. The Kier molecular flexibility index (Phi) is 6.02. The molecule has 116 valence electrons. The molecule has 0 bridgehead atoms. The zero-order valence-electron chi connectivity index (χ0n) is 12.2. The van der Waals surface area contributed by atoms with E-state index >= 15 is 0 Å². The lowest BCUT2D eigenvalue weighted by atomic mass is 10.2. The molecule has 1 aromatic heterocycles. The Labute approximate surface area is 132 Å². The number of nitrogens with two attached hydrogens (primary N) is 1. The molecule has 0 fully saturated rings. The predicted molar refractivity (Wildman–Crippen MR) is 88.1 cm³/mol. The number of pyridine rings is 1. The largest absolute Gasteiger partial charge is 0.483 e. The van der Waals surface area contributed by atoms with Gasteiger partial charge in [-0.05, 0) is 30.3 Å². The molecule has 0 saturated heterocycles. The second-order valence-electron chi connectivity index (χ2n) is 4.39. The molecule has 0 amide bonds. The first-order valence-electron chi connectivity index (χ1n) is 6.83. The number of carbonyl (C=O) groups excluding carboxylic acids is 1. The number of thioether (sulfide) groups is 1. The molecular formula is C15H17N3O3S. The number of oxime groups is 1. The van der Waals surface area contributed by atoms with Gasteiger partial charge in [0.1, 0.15) is 17.9 Å². The van der Waals surface area contributed by atoms with Gasteiger partial charge in [0.15, 0.2) is 5.84 Å². The third-order valence-corrected chi connectivity index (χ3v) is 3.56. The molecule has 22 heavy (non-hydrogen) atoms. The summed E-state index contributed by atoms with van der Waals surface area (Å²) in [6.07, 6.45) is 2.58. The topological polar surface area (TPSA) is 86.8 Å². The molecule has 0 radical (unpaired) electrons. The van der Waals surface area contributed by atoms with Crippen LogP contribution in [0.5, 0.6) is 5.75 Å². The molecule has 1 aromatic carbocycles. The van der Waals surface area contributed by atoms with Gasteiger partial charge >= 0.3 is 5.30 Å². The standard InChI is InChI=1S/C15H17N3O3S/c1-2-9-22-15(19)21-18-13(16)10-20-12-7-3-5-11-6-4-8-17-14(11)12/h3-8H,2,9-10H2,1H3,(H2,16,18). The second-order valence-corrected chi connectivity index (χ2v) is 5.42. The molecule has 0 saturated carbocycles. The van der Waals surface area contributed by atoms with E-state index in [9.17, 15) is 4.79 Å². The Morgan fingerprint density at radius 2 is 2.18 bits per heavy atom. The first kappa shape index (κ1) is 16.1. The number of aromatic nitrogens is 1. The number of para-hydroxylation sites is 1. The molecule has 6 nitrogen and oxygen atoms in total. The fraction of sp³-hybridized carbons (Fsp3) is 0.267. The minimum absolute atomic E-state index is 0.0153. The number of ether oxygens (including phenoxy) is 1. The molecule has 0 unspecified atom stereocenters. The third kappa shape index (κ3) is 4.63.